The molecule has 0 radical (unpaired) electrons. The van der Waals surface area contributed by atoms with E-state index in [9.17, 15) is 4.79 Å². The van der Waals surface area contributed by atoms with Crippen LogP contribution in [0.3, 0.4) is 0 Å². The lowest BCUT2D eigenvalue weighted by molar-refractivity contribution is -0.123. The van der Waals surface area contributed by atoms with Crippen LogP contribution in [0.4, 0.5) is 0 Å². The molecule has 1 atom stereocenters. The number of aromatic hydroxyl groups is 1. The van der Waals surface area contributed by atoms with Crippen LogP contribution in [0.2, 0.25) is 0 Å². The molecule has 4 nitrogen and oxygen atoms in total. The molecule has 1 aromatic rings. The zero-order chi connectivity index (χ0) is 12.5. The van der Waals surface area contributed by atoms with Gasteiger partial charge in [0.05, 0.1) is 6.04 Å². The van der Waals surface area contributed by atoms with E-state index in [-0.39, 0.29) is 17.2 Å². The standard InChI is InChI=1S/C13H18N2O2/c1-13(6-7-13)15-12(17)11(14)8-9-2-4-10(16)5-3-9/h2-5,11,16H,6-8,14H2,1H3,(H,15,17)/t11-/m1/s1. The Bertz CT molecular complexity index is 410. The van der Waals surface area contributed by atoms with Gasteiger partial charge in [-0.05, 0) is 43.9 Å². The van der Waals surface area contributed by atoms with Crippen molar-refractivity contribution in [3.63, 3.8) is 0 Å². The van der Waals surface area contributed by atoms with Gasteiger partial charge in [0.15, 0.2) is 0 Å². The fourth-order valence-corrected chi connectivity index (χ4v) is 1.68. The molecule has 2 rings (SSSR count). The summed E-state index contributed by atoms with van der Waals surface area (Å²) in [6.45, 7) is 2.03. The molecule has 4 N–H and O–H groups in total. The van der Waals surface area contributed by atoms with Crippen molar-refractivity contribution in [3.05, 3.63) is 29.8 Å². The molecular weight excluding hydrogens is 216 g/mol. The molecular formula is C13H18N2O2. The number of hydrogen-bond acceptors (Lipinski definition) is 3. The summed E-state index contributed by atoms with van der Waals surface area (Å²) in [6, 6.07) is 6.23. The molecule has 1 saturated carbocycles. The monoisotopic (exact) mass is 234 g/mol. The number of benzene rings is 1. The molecule has 1 amide bonds. The molecule has 0 unspecified atom stereocenters. The summed E-state index contributed by atoms with van der Waals surface area (Å²) in [4.78, 5) is 11.8. The van der Waals surface area contributed by atoms with Gasteiger partial charge in [-0.2, -0.15) is 0 Å². The van der Waals surface area contributed by atoms with Gasteiger partial charge in [0.25, 0.3) is 0 Å². The van der Waals surface area contributed by atoms with Gasteiger partial charge in [0.1, 0.15) is 5.75 Å². The molecule has 0 bridgehead atoms. The molecule has 4 heteroatoms. The van der Waals surface area contributed by atoms with Crippen molar-refractivity contribution in [2.24, 2.45) is 5.73 Å². The summed E-state index contributed by atoms with van der Waals surface area (Å²) in [5.74, 6) is 0.121. The number of carbonyl (C=O) groups is 1. The zero-order valence-electron chi connectivity index (χ0n) is 9.94. The highest BCUT2D eigenvalue weighted by Crippen LogP contribution is 2.34. The van der Waals surface area contributed by atoms with Crippen molar-refractivity contribution in [2.75, 3.05) is 0 Å². The van der Waals surface area contributed by atoms with Gasteiger partial charge in [-0.3, -0.25) is 4.79 Å². The Balaban J connectivity index is 1.89. The van der Waals surface area contributed by atoms with Crippen LogP contribution in [0, 0.1) is 0 Å². The van der Waals surface area contributed by atoms with Gasteiger partial charge < -0.3 is 16.2 Å². The minimum Gasteiger partial charge on any atom is -0.508 e. The minimum atomic E-state index is -0.531. The summed E-state index contributed by atoms with van der Waals surface area (Å²) in [6.07, 6.45) is 2.55. The highest BCUT2D eigenvalue weighted by Gasteiger charge is 2.39. The van der Waals surface area contributed by atoms with Crippen LogP contribution in [0.1, 0.15) is 25.3 Å². The fraction of sp³-hybridized carbons (Fsp3) is 0.462. The van der Waals surface area contributed by atoms with Gasteiger partial charge >= 0.3 is 0 Å². The number of amides is 1. The van der Waals surface area contributed by atoms with Crippen molar-refractivity contribution in [1.82, 2.24) is 5.32 Å². The molecule has 1 aliphatic rings. The average molecular weight is 234 g/mol. The Morgan fingerprint density at radius 3 is 2.59 bits per heavy atom. The Kier molecular flexibility index (Phi) is 3.07. The van der Waals surface area contributed by atoms with Gasteiger partial charge in [-0.15, -0.1) is 0 Å². The van der Waals surface area contributed by atoms with E-state index < -0.39 is 6.04 Å². The number of nitrogens with two attached hydrogens (primary N) is 1. The predicted molar refractivity (Wildman–Crippen MR) is 65.6 cm³/mol. The van der Waals surface area contributed by atoms with Crippen molar-refractivity contribution in [2.45, 2.75) is 37.8 Å². The Morgan fingerprint density at radius 1 is 1.47 bits per heavy atom. The van der Waals surface area contributed by atoms with Crippen LogP contribution < -0.4 is 11.1 Å². The van der Waals surface area contributed by atoms with E-state index in [4.69, 9.17) is 10.8 Å². The summed E-state index contributed by atoms with van der Waals surface area (Å²) in [5, 5.41) is 12.1. The topological polar surface area (TPSA) is 75.4 Å². The molecule has 92 valence electrons. The van der Waals surface area contributed by atoms with E-state index in [1.54, 1.807) is 24.3 Å². The SMILES string of the molecule is CC1(NC(=O)[C@H](N)Cc2ccc(O)cc2)CC1. The van der Waals surface area contributed by atoms with Gasteiger partial charge in [0.2, 0.25) is 5.91 Å². The predicted octanol–water partition coefficient (Wildman–Crippen LogP) is 0.931. The molecule has 0 saturated heterocycles. The highest BCUT2D eigenvalue weighted by molar-refractivity contribution is 5.82. The minimum absolute atomic E-state index is 0.0241. The third-order valence-corrected chi connectivity index (χ3v) is 3.15. The van der Waals surface area contributed by atoms with Gasteiger partial charge in [0, 0.05) is 5.54 Å². The van der Waals surface area contributed by atoms with Crippen LogP contribution >= 0.6 is 0 Å². The third-order valence-electron chi connectivity index (χ3n) is 3.15. The smallest absolute Gasteiger partial charge is 0.237 e. The van der Waals surface area contributed by atoms with Crippen LogP contribution in [0.25, 0.3) is 0 Å². The van der Waals surface area contributed by atoms with E-state index in [1.165, 1.54) is 0 Å². The van der Waals surface area contributed by atoms with E-state index in [2.05, 4.69) is 5.32 Å². The van der Waals surface area contributed by atoms with E-state index in [0.29, 0.717) is 6.42 Å². The van der Waals surface area contributed by atoms with Crippen LogP contribution in [0.15, 0.2) is 24.3 Å². The largest absolute Gasteiger partial charge is 0.508 e. The zero-order valence-corrected chi connectivity index (χ0v) is 9.94. The van der Waals surface area contributed by atoms with Crippen molar-refractivity contribution >= 4 is 5.91 Å². The lowest BCUT2D eigenvalue weighted by Gasteiger charge is -2.16. The summed E-state index contributed by atoms with van der Waals surface area (Å²) < 4.78 is 0. The second-order valence-corrected chi connectivity index (χ2v) is 5.03. The number of nitrogens with one attached hydrogen (secondary N) is 1. The number of phenols is 1. The van der Waals surface area contributed by atoms with E-state index >= 15 is 0 Å². The lowest BCUT2D eigenvalue weighted by atomic mass is 10.1. The van der Waals surface area contributed by atoms with E-state index in [0.717, 1.165) is 18.4 Å². The number of hydrogen-bond donors (Lipinski definition) is 3. The maximum absolute atomic E-state index is 11.8. The first-order valence-corrected chi connectivity index (χ1v) is 5.84. The molecule has 0 spiro atoms. The first-order chi connectivity index (χ1) is 7.98. The third kappa shape index (κ3) is 3.20. The van der Waals surface area contributed by atoms with E-state index in [1.807, 2.05) is 6.92 Å². The number of carbonyl (C=O) groups excluding carboxylic acids is 1. The quantitative estimate of drug-likeness (QED) is 0.725. The molecule has 1 fully saturated rings. The summed E-state index contributed by atoms with van der Waals surface area (Å²) in [7, 11) is 0. The molecule has 17 heavy (non-hydrogen) atoms. The van der Waals surface area contributed by atoms with Crippen molar-refractivity contribution < 1.29 is 9.90 Å². The Hall–Kier alpha value is -1.55. The van der Waals surface area contributed by atoms with Crippen molar-refractivity contribution in [3.8, 4) is 5.75 Å². The van der Waals surface area contributed by atoms with Gasteiger partial charge in [-0.1, -0.05) is 12.1 Å². The highest BCUT2D eigenvalue weighted by atomic mass is 16.3. The van der Waals surface area contributed by atoms with Crippen LogP contribution in [-0.4, -0.2) is 22.6 Å². The lowest BCUT2D eigenvalue weighted by Crippen LogP contribution is -2.46. The normalized spacial score (nSPS) is 18.5. The fourth-order valence-electron chi connectivity index (χ4n) is 1.68. The molecule has 1 aromatic carbocycles. The molecule has 0 aromatic heterocycles. The number of rotatable bonds is 4. The van der Waals surface area contributed by atoms with Crippen LogP contribution in [-0.2, 0) is 11.2 Å². The van der Waals surface area contributed by atoms with Crippen molar-refractivity contribution in [1.29, 1.82) is 0 Å². The Labute approximate surface area is 101 Å². The molecule has 0 aliphatic heterocycles. The number of phenolic OH excluding ortho intramolecular Hbond substituents is 1. The summed E-state index contributed by atoms with van der Waals surface area (Å²) >= 11 is 0. The second kappa shape index (κ2) is 4.37. The van der Waals surface area contributed by atoms with Crippen LogP contribution in [0.5, 0.6) is 5.75 Å². The second-order valence-electron chi connectivity index (χ2n) is 5.03. The molecule has 1 aliphatic carbocycles. The first kappa shape index (κ1) is 11.9. The Morgan fingerprint density at radius 2 is 2.06 bits per heavy atom. The first-order valence-electron chi connectivity index (χ1n) is 5.84. The average Bonchev–Trinajstić information content (AvgIpc) is 2.99. The maximum atomic E-state index is 11.8. The van der Waals surface area contributed by atoms with Gasteiger partial charge in [-0.25, -0.2) is 0 Å². The summed E-state index contributed by atoms with van der Waals surface area (Å²) in [5.41, 5.74) is 6.77. The molecule has 0 heterocycles. The maximum Gasteiger partial charge on any atom is 0.237 e.